The van der Waals surface area contributed by atoms with Crippen molar-refractivity contribution in [2.75, 3.05) is 6.61 Å². The molecule has 3 aromatic rings. The first-order valence-corrected chi connectivity index (χ1v) is 8.66. The van der Waals surface area contributed by atoms with Crippen LogP contribution in [0.15, 0.2) is 53.7 Å². The van der Waals surface area contributed by atoms with Crippen molar-refractivity contribution in [2.45, 2.75) is 24.0 Å². The number of benzene rings is 2. The molecule has 0 amide bonds. The zero-order valence-corrected chi connectivity index (χ0v) is 14.6. The molecule has 5 nitrogen and oxygen atoms in total. The highest BCUT2D eigenvalue weighted by Gasteiger charge is 2.28. The number of hydrogen-bond donors (Lipinski definition) is 0. The Balaban J connectivity index is 1.61. The summed E-state index contributed by atoms with van der Waals surface area (Å²) in [5.41, 5.74) is 2.93. The third kappa shape index (κ3) is 4.98. The minimum atomic E-state index is -4.35. The predicted octanol–water partition coefficient (Wildman–Crippen LogP) is 4.20. The Morgan fingerprint density at radius 3 is 2.38 bits per heavy atom. The van der Waals surface area contributed by atoms with Crippen molar-refractivity contribution in [3.8, 4) is 11.4 Å². The molecule has 0 bridgehead atoms. The van der Waals surface area contributed by atoms with Crippen molar-refractivity contribution in [3.63, 3.8) is 0 Å². The summed E-state index contributed by atoms with van der Waals surface area (Å²) in [4.78, 5) is 0. The Labute approximate surface area is 152 Å². The van der Waals surface area contributed by atoms with E-state index in [0.717, 1.165) is 16.8 Å². The molecule has 3 rings (SSSR count). The highest BCUT2D eigenvalue weighted by Crippen LogP contribution is 2.24. The molecule has 0 unspecified atom stereocenters. The quantitative estimate of drug-likeness (QED) is 0.600. The molecular weight excluding hydrogens is 365 g/mol. The minimum absolute atomic E-state index is 0.181. The van der Waals surface area contributed by atoms with Crippen LogP contribution in [-0.2, 0) is 5.75 Å². The van der Waals surface area contributed by atoms with Gasteiger partial charge in [0.1, 0.15) is 5.75 Å². The molecule has 1 heterocycles. The first-order valence-electron chi connectivity index (χ1n) is 7.67. The molecule has 0 saturated heterocycles. The maximum Gasteiger partial charge on any atom is 0.422 e. The van der Waals surface area contributed by atoms with Gasteiger partial charge in [-0.15, -0.1) is 5.10 Å². The Morgan fingerprint density at radius 1 is 1.04 bits per heavy atom. The first kappa shape index (κ1) is 18.2. The van der Waals surface area contributed by atoms with Crippen LogP contribution in [0.2, 0.25) is 0 Å². The lowest BCUT2D eigenvalue weighted by Crippen LogP contribution is -2.19. The van der Waals surface area contributed by atoms with E-state index in [1.54, 1.807) is 16.8 Å². The second-order valence-electron chi connectivity index (χ2n) is 5.55. The van der Waals surface area contributed by atoms with Crippen molar-refractivity contribution in [1.82, 2.24) is 20.2 Å². The number of alkyl halides is 3. The van der Waals surface area contributed by atoms with Gasteiger partial charge in [0.05, 0.1) is 5.69 Å². The second kappa shape index (κ2) is 7.77. The standard InChI is InChI=1S/C17H15F3N4OS/c1-12-2-6-14(7-3-12)24-16(21-22-23-24)26-10-13-4-8-15(9-5-13)25-11-17(18,19)20/h2-9H,10-11H2,1H3. The van der Waals surface area contributed by atoms with Crippen molar-refractivity contribution in [3.05, 3.63) is 59.7 Å². The lowest BCUT2D eigenvalue weighted by Gasteiger charge is -2.09. The molecule has 0 fully saturated rings. The van der Waals surface area contributed by atoms with Crippen LogP contribution in [0.5, 0.6) is 5.75 Å². The fraction of sp³-hybridized carbons (Fsp3) is 0.235. The van der Waals surface area contributed by atoms with Gasteiger partial charge in [0.15, 0.2) is 6.61 Å². The van der Waals surface area contributed by atoms with E-state index >= 15 is 0 Å². The van der Waals surface area contributed by atoms with E-state index in [9.17, 15) is 13.2 Å². The minimum Gasteiger partial charge on any atom is -0.484 e. The summed E-state index contributed by atoms with van der Waals surface area (Å²) in [7, 11) is 0. The van der Waals surface area contributed by atoms with Gasteiger partial charge in [-0.05, 0) is 47.2 Å². The lowest BCUT2D eigenvalue weighted by atomic mass is 10.2. The number of aryl methyl sites for hydroxylation is 1. The van der Waals surface area contributed by atoms with E-state index in [1.807, 2.05) is 31.2 Å². The molecule has 0 aliphatic carbocycles. The van der Waals surface area contributed by atoms with Gasteiger partial charge in [-0.1, -0.05) is 41.6 Å². The summed E-state index contributed by atoms with van der Waals surface area (Å²) in [5.74, 6) is 0.756. The third-order valence-corrected chi connectivity index (χ3v) is 4.40. The molecule has 0 aliphatic heterocycles. The number of halogens is 3. The van der Waals surface area contributed by atoms with Crippen LogP contribution in [0.4, 0.5) is 13.2 Å². The molecule has 0 N–H and O–H groups in total. The third-order valence-electron chi connectivity index (χ3n) is 3.41. The van der Waals surface area contributed by atoms with Gasteiger partial charge in [-0.2, -0.15) is 17.9 Å². The topological polar surface area (TPSA) is 52.8 Å². The number of tetrazole rings is 1. The average Bonchev–Trinajstić information content (AvgIpc) is 3.07. The molecule has 0 saturated carbocycles. The van der Waals surface area contributed by atoms with E-state index < -0.39 is 12.8 Å². The van der Waals surface area contributed by atoms with E-state index in [-0.39, 0.29) is 5.75 Å². The second-order valence-corrected chi connectivity index (χ2v) is 6.49. The average molecular weight is 380 g/mol. The van der Waals surface area contributed by atoms with Gasteiger partial charge in [-0.3, -0.25) is 0 Å². The SMILES string of the molecule is Cc1ccc(-n2nnnc2SCc2ccc(OCC(F)(F)F)cc2)cc1. The molecule has 9 heteroatoms. The van der Waals surface area contributed by atoms with Crippen LogP contribution in [-0.4, -0.2) is 33.0 Å². The zero-order chi connectivity index (χ0) is 18.6. The number of nitrogens with zero attached hydrogens (tertiary/aromatic N) is 4. The van der Waals surface area contributed by atoms with Crippen LogP contribution < -0.4 is 4.74 Å². The van der Waals surface area contributed by atoms with Crippen molar-refractivity contribution in [2.24, 2.45) is 0 Å². The Kier molecular flexibility index (Phi) is 5.46. The van der Waals surface area contributed by atoms with Gasteiger partial charge >= 0.3 is 6.18 Å². The normalized spacial score (nSPS) is 11.5. The van der Waals surface area contributed by atoms with Crippen LogP contribution in [0, 0.1) is 6.92 Å². The Bertz CT molecular complexity index is 848. The van der Waals surface area contributed by atoms with Crippen LogP contribution >= 0.6 is 11.8 Å². The van der Waals surface area contributed by atoms with Crippen LogP contribution in [0.3, 0.4) is 0 Å². The molecule has 26 heavy (non-hydrogen) atoms. The Morgan fingerprint density at radius 2 is 1.73 bits per heavy atom. The molecule has 136 valence electrons. The van der Waals surface area contributed by atoms with Crippen LogP contribution in [0.25, 0.3) is 5.69 Å². The smallest absolute Gasteiger partial charge is 0.422 e. The summed E-state index contributed by atoms with van der Waals surface area (Å²) in [6.45, 7) is 0.702. The summed E-state index contributed by atoms with van der Waals surface area (Å²) in [6, 6.07) is 14.3. The maximum absolute atomic E-state index is 12.1. The van der Waals surface area contributed by atoms with Crippen molar-refractivity contribution >= 4 is 11.8 Å². The van der Waals surface area contributed by atoms with Gasteiger partial charge in [0, 0.05) is 5.75 Å². The fourth-order valence-corrected chi connectivity index (χ4v) is 2.96. The number of aromatic nitrogens is 4. The summed E-state index contributed by atoms with van der Waals surface area (Å²) in [5, 5.41) is 12.4. The molecule has 0 radical (unpaired) electrons. The first-order chi connectivity index (χ1) is 12.4. The molecule has 2 aromatic carbocycles. The molecule has 0 atom stereocenters. The number of hydrogen-bond acceptors (Lipinski definition) is 5. The highest BCUT2D eigenvalue weighted by atomic mass is 32.2. The van der Waals surface area contributed by atoms with Gasteiger partial charge in [0.2, 0.25) is 5.16 Å². The number of rotatable bonds is 6. The maximum atomic E-state index is 12.1. The van der Waals surface area contributed by atoms with Crippen molar-refractivity contribution < 1.29 is 17.9 Å². The summed E-state index contributed by atoms with van der Waals surface area (Å²) in [6.07, 6.45) is -4.35. The van der Waals surface area contributed by atoms with Crippen molar-refractivity contribution in [1.29, 1.82) is 0 Å². The molecule has 1 aromatic heterocycles. The van der Waals surface area contributed by atoms with E-state index in [2.05, 4.69) is 15.5 Å². The largest absolute Gasteiger partial charge is 0.484 e. The summed E-state index contributed by atoms with van der Waals surface area (Å²) >= 11 is 1.44. The van der Waals surface area contributed by atoms with Gasteiger partial charge < -0.3 is 4.74 Å². The Hall–Kier alpha value is -2.55. The van der Waals surface area contributed by atoms with E-state index in [4.69, 9.17) is 4.74 Å². The lowest BCUT2D eigenvalue weighted by molar-refractivity contribution is -0.153. The molecule has 0 spiro atoms. The molecular formula is C17H15F3N4OS. The number of ether oxygens (including phenoxy) is 1. The molecule has 0 aliphatic rings. The predicted molar refractivity (Wildman–Crippen MR) is 91.4 cm³/mol. The number of thioether (sulfide) groups is 1. The van der Waals surface area contributed by atoms with E-state index in [1.165, 1.54) is 23.9 Å². The highest BCUT2D eigenvalue weighted by molar-refractivity contribution is 7.98. The fourth-order valence-electron chi connectivity index (χ4n) is 2.11. The van der Waals surface area contributed by atoms with E-state index in [0.29, 0.717) is 10.9 Å². The monoisotopic (exact) mass is 380 g/mol. The summed E-state index contributed by atoms with van der Waals surface area (Å²) < 4.78 is 42.8. The van der Waals surface area contributed by atoms with Crippen LogP contribution in [0.1, 0.15) is 11.1 Å². The zero-order valence-electron chi connectivity index (χ0n) is 13.8. The van der Waals surface area contributed by atoms with Gasteiger partial charge in [0.25, 0.3) is 0 Å². The van der Waals surface area contributed by atoms with Gasteiger partial charge in [-0.25, -0.2) is 0 Å².